The van der Waals surface area contributed by atoms with Crippen molar-refractivity contribution >= 4 is 10.9 Å². The van der Waals surface area contributed by atoms with Crippen molar-refractivity contribution in [3.8, 4) is 11.5 Å². The van der Waals surface area contributed by atoms with Gasteiger partial charge in [0.2, 0.25) is 0 Å². The number of hydrogen-bond acceptors (Lipinski definition) is 6. The van der Waals surface area contributed by atoms with E-state index in [0.29, 0.717) is 13.2 Å². The van der Waals surface area contributed by atoms with Crippen molar-refractivity contribution in [1.82, 2.24) is 14.8 Å². The first kappa shape index (κ1) is 23.5. The highest BCUT2D eigenvalue weighted by molar-refractivity contribution is 5.87. The van der Waals surface area contributed by atoms with Crippen molar-refractivity contribution in [2.45, 2.75) is 38.5 Å². The molecular weight excluding hydrogens is 414 g/mol. The zero-order valence-electron chi connectivity index (χ0n) is 19.7. The Morgan fingerprint density at radius 3 is 2.58 bits per heavy atom. The van der Waals surface area contributed by atoms with Gasteiger partial charge in [-0.15, -0.1) is 0 Å². The third kappa shape index (κ3) is 6.22. The summed E-state index contributed by atoms with van der Waals surface area (Å²) in [6.45, 7) is 4.67. The number of para-hydroxylation sites is 1. The first-order valence-electron chi connectivity index (χ1n) is 11.8. The van der Waals surface area contributed by atoms with Crippen molar-refractivity contribution in [2.24, 2.45) is 0 Å². The molecule has 0 spiro atoms. The molecule has 1 aliphatic rings. The lowest BCUT2D eigenvalue weighted by Gasteiger charge is -2.28. The van der Waals surface area contributed by atoms with E-state index in [0.717, 1.165) is 54.1 Å². The molecule has 1 aliphatic heterocycles. The SMILES string of the molecule is COc1ccc(CN(C)Cc2ccccc2OC[C@H](O)CN2CCCCC2)c2cccnc12. The van der Waals surface area contributed by atoms with E-state index in [1.54, 1.807) is 13.3 Å². The van der Waals surface area contributed by atoms with Crippen LogP contribution >= 0.6 is 0 Å². The fourth-order valence-electron chi connectivity index (χ4n) is 4.60. The van der Waals surface area contributed by atoms with Crippen molar-refractivity contribution in [3.05, 3.63) is 65.9 Å². The number of benzene rings is 2. The Morgan fingerprint density at radius 2 is 1.76 bits per heavy atom. The zero-order chi connectivity index (χ0) is 23.0. The molecule has 1 atom stereocenters. The minimum Gasteiger partial charge on any atom is -0.494 e. The largest absolute Gasteiger partial charge is 0.494 e. The molecule has 6 nitrogen and oxygen atoms in total. The molecule has 1 N–H and O–H groups in total. The number of piperidine rings is 1. The van der Waals surface area contributed by atoms with Gasteiger partial charge in [-0.2, -0.15) is 0 Å². The molecule has 33 heavy (non-hydrogen) atoms. The van der Waals surface area contributed by atoms with Crippen LogP contribution in [0.5, 0.6) is 11.5 Å². The van der Waals surface area contributed by atoms with E-state index >= 15 is 0 Å². The molecule has 2 heterocycles. The van der Waals surface area contributed by atoms with Gasteiger partial charge in [0.15, 0.2) is 0 Å². The standard InChI is InChI=1S/C27H35N3O3/c1-29(17-21-12-13-26(32-2)27-24(21)10-8-14-28-27)18-22-9-4-5-11-25(22)33-20-23(31)19-30-15-6-3-7-16-30/h4-5,8-14,23,31H,3,6-7,15-20H2,1-2H3/t23-/m1/s1. The number of likely N-dealkylation sites (tertiary alicyclic amines) is 1. The second kappa shape index (κ2) is 11.5. The summed E-state index contributed by atoms with van der Waals surface area (Å²) in [5.74, 6) is 1.63. The van der Waals surface area contributed by atoms with Crippen molar-refractivity contribution < 1.29 is 14.6 Å². The number of methoxy groups -OCH3 is 1. The Labute approximate surface area is 196 Å². The van der Waals surface area contributed by atoms with Crippen LogP contribution < -0.4 is 9.47 Å². The number of aliphatic hydroxyl groups is 1. The second-order valence-electron chi connectivity index (χ2n) is 8.93. The Balaban J connectivity index is 1.38. The molecule has 1 saturated heterocycles. The molecule has 0 bridgehead atoms. The summed E-state index contributed by atoms with van der Waals surface area (Å²) in [7, 11) is 3.78. The average molecular weight is 450 g/mol. The molecule has 0 saturated carbocycles. The Morgan fingerprint density at radius 1 is 0.970 bits per heavy atom. The third-order valence-corrected chi connectivity index (χ3v) is 6.24. The Bertz CT molecular complexity index is 1040. The summed E-state index contributed by atoms with van der Waals surface area (Å²) in [6, 6.07) is 16.3. The van der Waals surface area contributed by atoms with Crippen molar-refractivity contribution in [3.63, 3.8) is 0 Å². The minimum absolute atomic E-state index is 0.312. The third-order valence-electron chi connectivity index (χ3n) is 6.24. The van der Waals surface area contributed by atoms with Gasteiger partial charge in [0.05, 0.1) is 7.11 Å². The van der Waals surface area contributed by atoms with Gasteiger partial charge in [-0.3, -0.25) is 9.88 Å². The molecular formula is C27H35N3O3. The Hall–Kier alpha value is -2.67. The van der Waals surface area contributed by atoms with Gasteiger partial charge < -0.3 is 19.5 Å². The van der Waals surface area contributed by atoms with Crippen LogP contribution in [0.4, 0.5) is 0 Å². The van der Waals surface area contributed by atoms with E-state index in [1.807, 2.05) is 30.3 Å². The van der Waals surface area contributed by atoms with E-state index in [4.69, 9.17) is 9.47 Å². The maximum absolute atomic E-state index is 10.5. The van der Waals surface area contributed by atoms with Crippen LogP contribution in [0.2, 0.25) is 0 Å². The number of nitrogens with zero attached hydrogens (tertiary/aromatic N) is 3. The van der Waals surface area contributed by atoms with Crippen LogP contribution in [0, 0.1) is 0 Å². The smallest absolute Gasteiger partial charge is 0.145 e. The molecule has 0 unspecified atom stereocenters. The topological polar surface area (TPSA) is 58.1 Å². The normalized spacial score (nSPS) is 15.6. The number of aliphatic hydroxyl groups excluding tert-OH is 1. The van der Waals surface area contributed by atoms with Crippen LogP contribution in [-0.4, -0.2) is 66.4 Å². The van der Waals surface area contributed by atoms with Gasteiger partial charge in [-0.1, -0.05) is 36.8 Å². The van der Waals surface area contributed by atoms with E-state index in [1.165, 1.54) is 24.8 Å². The number of fused-ring (bicyclic) bond motifs is 1. The fourth-order valence-corrected chi connectivity index (χ4v) is 4.60. The second-order valence-corrected chi connectivity index (χ2v) is 8.93. The van der Waals surface area contributed by atoms with Crippen LogP contribution in [0.1, 0.15) is 30.4 Å². The van der Waals surface area contributed by atoms with Gasteiger partial charge in [0.25, 0.3) is 0 Å². The molecule has 3 aromatic rings. The van der Waals surface area contributed by atoms with Crippen LogP contribution in [0.3, 0.4) is 0 Å². The summed E-state index contributed by atoms with van der Waals surface area (Å²) in [4.78, 5) is 9.11. The molecule has 0 amide bonds. The van der Waals surface area contributed by atoms with Crippen LogP contribution in [0.15, 0.2) is 54.7 Å². The number of pyridine rings is 1. The van der Waals surface area contributed by atoms with Gasteiger partial charge >= 0.3 is 0 Å². The zero-order valence-corrected chi connectivity index (χ0v) is 19.7. The Kier molecular flexibility index (Phi) is 8.15. The maximum Gasteiger partial charge on any atom is 0.145 e. The molecule has 0 radical (unpaired) electrons. The molecule has 1 fully saturated rings. The number of β-amino-alcohol motifs (C(OH)–C–C–N with tert-alkyl or cyclic N) is 1. The first-order valence-corrected chi connectivity index (χ1v) is 11.8. The predicted molar refractivity (Wildman–Crippen MR) is 132 cm³/mol. The monoisotopic (exact) mass is 449 g/mol. The van der Waals surface area contributed by atoms with Crippen LogP contribution in [-0.2, 0) is 13.1 Å². The van der Waals surface area contributed by atoms with Gasteiger partial charge in [-0.05, 0) is 56.7 Å². The molecule has 2 aromatic carbocycles. The first-order chi connectivity index (χ1) is 16.1. The van der Waals surface area contributed by atoms with Crippen molar-refractivity contribution in [1.29, 1.82) is 0 Å². The van der Waals surface area contributed by atoms with Gasteiger partial charge in [0, 0.05) is 36.8 Å². The van der Waals surface area contributed by atoms with Gasteiger partial charge in [0.1, 0.15) is 29.7 Å². The summed E-state index contributed by atoms with van der Waals surface area (Å²) >= 11 is 0. The van der Waals surface area contributed by atoms with E-state index in [9.17, 15) is 5.11 Å². The molecule has 176 valence electrons. The lowest BCUT2D eigenvalue weighted by molar-refractivity contribution is 0.0612. The van der Waals surface area contributed by atoms with Crippen LogP contribution in [0.25, 0.3) is 10.9 Å². The van der Waals surface area contributed by atoms with Crippen molar-refractivity contribution in [2.75, 3.05) is 40.4 Å². The predicted octanol–water partition coefficient (Wildman–Crippen LogP) is 4.10. The number of rotatable bonds is 10. The number of ether oxygens (including phenoxy) is 2. The molecule has 4 rings (SSSR count). The highest BCUT2D eigenvalue weighted by Gasteiger charge is 2.16. The number of aromatic nitrogens is 1. The molecule has 6 heteroatoms. The summed E-state index contributed by atoms with van der Waals surface area (Å²) in [6.07, 6.45) is 5.07. The molecule has 0 aliphatic carbocycles. The maximum atomic E-state index is 10.5. The van der Waals surface area contributed by atoms with E-state index in [2.05, 4.69) is 40.0 Å². The summed E-state index contributed by atoms with van der Waals surface area (Å²) < 4.78 is 11.5. The quantitative estimate of drug-likeness (QED) is 0.503. The van der Waals surface area contributed by atoms with E-state index < -0.39 is 6.10 Å². The lowest BCUT2D eigenvalue weighted by Crippen LogP contribution is -2.38. The summed E-state index contributed by atoms with van der Waals surface area (Å²) in [5.41, 5.74) is 3.20. The fraction of sp³-hybridized carbons (Fsp3) is 0.444. The highest BCUT2D eigenvalue weighted by atomic mass is 16.5. The average Bonchev–Trinajstić information content (AvgIpc) is 2.84. The lowest BCUT2D eigenvalue weighted by atomic mass is 10.1. The minimum atomic E-state index is -0.480. The highest BCUT2D eigenvalue weighted by Crippen LogP contribution is 2.28. The number of hydrogen-bond donors (Lipinski definition) is 1. The summed E-state index contributed by atoms with van der Waals surface area (Å²) in [5, 5.41) is 11.6. The molecule has 1 aromatic heterocycles. The van der Waals surface area contributed by atoms with Gasteiger partial charge in [-0.25, -0.2) is 0 Å². The van der Waals surface area contributed by atoms with E-state index in [-0.39, 0.29) is 0 Å².